The second-order valence-electron chi connectivity index (χ2n) is 5.92. The van der Waals surface area contributed by atoms with Crippen molar-refractivity contribution in [3.05, 3.63) is 29.8 Å². The number of rotatable bonds is 4. The summed E-state index contributed by atoms with van der Waals surface area (Å²) in [4.78, 5) is 2.63. The molecule has 0 bridgehead atoms. The van der Waals surface area contributed by atoms with E-state index in [2.05, 4.69) is 34.5 Å². The Hall–Kier alpha value is -1.10. The topological polar surface area (TPSA) is 33.7 Å². The van der Waals surface area contributed by atoms with Gasteiger partial charge in [-0.05, 0) is 24.8 Å². The van der Waals surface area contributed by atoms with Gasteiger partial charge < -0.3 is 14.8 Å². The maximum absolute atomic E-state index is 5.63. The lowest BCUT2D eigenvalue weighted by molar-refractivity contribution is 0.0206. The first-order valence-corrected chi connectivity index (χ1v) is 8.05. The average molecular weight is 290 g/mol. The third kappa shape index (κ3) is 3.39. The Balaban J connectivity index is 1.89. The summed E-state index contributed by atoms with van der Waals surface area (Å²) in [7, 11) is 1.78. The van der Waals surface area contributed by atoms with Crippen molar-refractivity contribution in [2.24, 2.45) is 5.92 Å². The van der Waals surface area contributed by atoms with E-state index in [9.17, 15) is 0 Å². The molecule has 2 heterocycles. The van der Waals surface area contributed by atoms with Crippen molar-refractivity contribution in [2.45, 2.75) is 18.9 Å². The Morgan fingerprint density at radius 3 is 2.62 bits per heavy atom. The van der Waals surface area contributed by atoms with Crippen molar-refractivity contribution in [1.29, 1.82) is 0 Å². The van der Waals surface area contributed by atoms with Gasteiger partial charge in [0.15, 0.2) is 0 Å². The quantitative estimate of drug-likeness (QED) is 0.920. The standard InChI is InChI=1S/C17H26N2O2/c1-20-16-5-3-2-4-15(16)17(14-6-12-21-13-7-14)19-10-8-18-9-11-19/h2-5,14,17-18H,6-13H2,1H3/t17-/m1/s1. The normalized spacial score (nSPS) is 22.9. The number of para-hydroxylation sites is 1. The van der Waals surface area contributed by atoms with Gasteiger partial charge in [-0.2, -0.15) is 0 Å². The van der Waals surface area contributed by atoms with Crippen molar-refractivity contribution in [1.82, 2.24) is 10.2 Å². The van der Waals surface area contributed by atoms with Crippen LogP contribution >= 0.6 is 0 Å². The molecule has 4 heteroatoms. The van der Waals surface area contributed by atoms with Crippen LogP contribution in [0.1, 0.15) is 24.4 Å². The predicted molar refractivity (Wildman–Crippen MR) is 83.7 cm³/mol. The van der Waals surface area contributed by atoms with E-state index in [0.717, 1.165) is 58.0 Å². The van der Waals surface area contributed by atoms with Gasteiger partial charge in [-0.3, -0.25) is 4.90 Å². The summed E-state index contributed by atoms with van der Waals surface area (Å²) in [5.41, 5.74) is 1.34. The molecule has 21 heavy (non-hydrogen) atoms. The summed E-state index contributed by atoms with van der Waals surface area (Å²) in [6.07, 6.45) is 2.29. The van der Waals surface area contributed by atoms with E-state index in [1.54, 1.807) is 7.11 Å². The fourth-order valence-electron chi connectivity index (χ4n) is 3.65. The fourth-order valence-corrected chi connectivity index (χ4v) is 3.65. The van der Waals surface area contributed by atoms with Crippen molar-refractivity contribution < 1.29 is 9.47 Å². The minimum Gasteiger partial charge on any atom is -0.496 e. The molecule has 2 aliphatic rings. The van der Waals surface area contributed by atoms with Gasteiger partial charge >= 0.3 is 0 Å². The SMILES string of the molecule is COc1ccccc1[C@@H](C1CCOCC1)N1CCNCC1. The van der Waals surface area contributed by atoms with Gasteiger partial charge in [0.25, 0.3) is 0 Å². The van der Waals surface area contributed by atoms with E-state index in [1.165, 1.54) is 5.56 Å². The summed E-state index contributed by atoms with van der Waals surface area (Å²) in [5, 5.41) is 3.45. The lowest BCUT2D eigenvalue weighted by Crippen LogP contribution is -2.47. The molecule has 1 N–H and O–H groups in total. The number of piperazine rings is 1. The van der Waals surface area contributed by atoms with Gasteiger partial charge in [0, 0.05) is 51.0 Å². The summed E-state index contributed by atoms with van der Waals surface area (Å²) in [6, 6.07) is 8.96. The number of nitrogens with one attached hydrogen (secondary N) is 1. The molecular formula is C17H26N2O2. The van der Waals surface area contributed by atoms with Crippen LogP contribution in [-0.4, -0.2) is 51.4 Å². The van der Waals surface area contributed by atoms with E-state index in [0.29, 0.717) is 12.0 Å². The second kappa shape index (κ2) is 7.25. The lowest BCUT2D eigenvalue weighted by Gasteiger charge is -2.41. The van der Waals surface area contributed by atoms with E-state index in [-0.39, 0.29) is 0 Å². The van der Waals surface area contributed by atoms with E-state index < -0.39 is 0 Å². The summed E-state index contributed by atoms with van der Waals surface area (Å²) >= 11 is 0. The molecule has 2 fully saturated rings. The van der Waals surface area contributed by atoms with Gasteiger partial charge in [0.1, 0.15) is 5.75 Å². The third-order valence-corrected chi connectivity index (χ3v) is 4.72. The highest BCUT2D eigenvalue weighted by Gasteiger charge is 2.32. The minimum atomic E-state index is 0.451. The number of ether oxygens (including phenoxy) is 2. The Bertz CT molecular complexity index is 422. The molecule has 0 aliphatic carbocycles. The number of methoxy groups -OCH3 is 1. The van der Waals surface area contributed by atoms with Crippen LogP contribution in [0.4, 0.5) is 0 Å². The van der Waals surface area contributed by atoms with Crippen molar-refractivity contribution >= 4 is 0 Å². The number of hydrogen-bond acceptors (Lipinski definition) is 4. The molecule has 1 atom stereocenters. The highest BCUT2D eigenvalue weighted by Crippen LogP contribution is 2.39. The maximum atomic E-state index is 5.63. The first-order valence-electron chi connectivity index (χ1n) is 8.05. The number of nitrogens with zero attached hydrogens (tertiary/aromatic N) is 1. The summed E-state index contributed by atoms with van der Waals surface area (Å²) in [6.45, 7) is 6.16. The van der Waals surface area contributed by atoms with Crippen LogP contribution in [0, 0.1) is 5.92 Å². The molecule has 1 aromatic rings. The van der Waals surface area contributed by atoms with Gasteiger partial charge in [0.05, 0.1) is 7.11 Å². The maximum Gasteiger partial charge on any atom is 0.123 e. The van der Waals surface area contributed by atoms with Gasteiger partial charge in [-0.1, -0.05) is 18.2 Å². The van der Waals surface area contributed by atoms with Crippen molar-refractivity contribution in [3.63, 3.8) is 0 Å². The average Bonchev–Trinajstić information content (AvgIpc) is 2.58. The van der Waals surface area contributed by atoms with Crippen LogP contribution in [-0.2, 0) is 4.74 Å². The van der Waals surface area contributed by atoms with E-state index in [1.807, 2.05) is 0 Å². The van der Waals surface area contributed by atoms with Crippen LogP contribution in [0.15, 0.2) is 24.3 Å². The van der Waals surface area contributed by atoms with E-state index in [4.69, 9.17) is 9.47 Å². The molecule has 0 saturated carbocycles. The zero-order valence-electron chi connectivity index (χ0n) is 12.9. The molecule has 0 amide bonds. The molecule has 3 rings (SSSR count). The monoisotopic (exact) mass is 290 g/mol. The number of benzene rings is 1. The van der Waals surface area contributed by atoms with Gasteiger partial charge in [-0.15, -0.1) is 0 Å². The molecule has 0 radical (unpaired) electrons. The first-order chi connectivity index (χ1) is 10.4. The van der Waals surface area contributed by atoms with Crippen molar-refractivity contribution in [3.8, 4) is 5.75 Å². The van der Waals surface area contributed by atoms with Crippen LogP contribution < -0.4 is 10.1 Å². The molecule has 2 saturated heterocycles. The third-order valence-electron chi connectivity index (χ3n) is 4.72. The molecule has 4 nitrogen and oxygen atoms in total. The van der Waals surface area contributed by atoms with Crippen LogP contribution in [0.2, 0.25) is 0 Å². The van der Waals surface area contributed by atoms with Crippen LogP contribution in [0.3, 0.4) is 0 Å². The molecule has 0 spiro atoms. The van der Waals surface area contributed by atoms with Crippen LogP contribution in [0.25, 0.3) is 0 Å². The largest absolute Gasteiger partial charge is 0.496 e. The second-order valence-corrected chi connectivity index (χ2v) is 5.92. The van der Waals surface area contributed by atoms with Crippen molar-refractivity contribution in [2.75, 3.05) is 46.5 Å². The molecule has 0 unspecified atom stereocenters. The smallest absolute Gasteiger partial charge is 0.123 e. The predicted octanol–water partition coefficient (Wildman–Crippen LogP) is 2.07. The zero-order chi connectivity index (χ0) is 14.5. The van der Waals surface area contributed by atoms with Gasteiger partial charge in [-0.25, -0.2) is 0 Å². The number of hydrogen-bond donors (Lipinski definition) is 1. The highest BCUT2D eigenvalue weighted by atomic mass is 16.5. The van der Waals surface area contributed by atoms with Crippen LogP contribution in [0.5, 0.6) is 5.75 Å². The molecule has 1 aromatic carbocycles. The van der Waals surface area contributed by atoms with Gasteiger partial charge in [0.2, 0.25) is 0 Å². The van der Waals surface area contributed by atoms with E-state index >= 15 is 0 Å². The summed E-state index contributed by atoms with van der Waals surface area (Å²) < 4.78 is 11.2. The first kappa shape index (κ1) is 14.8. The molecule has 0 aromatic heterocycles. The molecule has 2 aliphatic heterocycles. The Morgan fingerprint density at radius 1 is 1.19 bits per heavy atom. The minimum absolute atomic E-state index is 0.451. The molecular weight excluding hydrogens is 264 g/mol. The summed E-state index contributed by atoms with van der Waals surface area (Å²) in [5.74, 6) is 1.68. The zero-order valence-corrected chi connectivity index (χ0v) is 12.9. The Labute approximate surface area is 127 Å². The fraction of sp³-hybridized carbons (Fsp3) is 0.647. The highest BCUT2D eigenvalue weighted by molar-refractivity contribution is 5.36. The Morgan fingerprint density at radius 2 is 1.90 bits per heavy atom. The molecule has 116 valence electrons. The lowest BCUT2D eigenvalue weighted by atomic mass is 9.85. The Kier molecular flexibility index (Phi) is 5.12.